The first-order valence-electron chi connectivity index (χ1n) is 6.56. The van der Waals surface area contributed by atoms with Gasteiger partial charge >= 0.3 is 0 Å². The molecule has 21 heavy (non-hydrogen) atoms. The third-order valence-electron chi connectivity index (χ3n) is 3.31. The van der Waals surface area contributed by atoms with E-state index in [9.17, 15) is 5.11 Å². The molecule has 2 aromatic carbocycles. The van der Waals surface area contributed by atoms with Gasteiger partial charge in [0.05, 0.1) is 7.11 Å². The average molecular weight is 371 g/mol. The van der Waals surface area contributed by atoms with Gasteiger partial charge in [-0.3, -0.25) is 0 Å². The molecule has 0 heterocycles. The van der Waals surface area contributed by atoms with Gasteiger partial charge in [-0.2, -0.15) is 0 Å². The monoisotopic (exact) mass is 369 g/mol. The van der Waals surface area contributed by atoms with Gasteiger partial charge in [-0.25, -0.2) is 0 Å². The van der Waals surface area contributed by atoms with Crippen molar-refractivity contribution in [3.8, 4) is 11.5 Å². The SMILES string of the molecule is COc1cc(Cl)cc(CN[C@@H](C)c2ccccc2Br)c1O. The van der Waals surface area contributed by atoms with Crippen LogP contribution in [0.4, 0.5) is 0 Å². The zero-order valence-corrected chi connectivity index (χ0v) is 14.2. The molecule has 2 aromatic rings. The third kappa shape index (κ3) is 3.90. The summed E-state index contributed by atoms with van der Waals surface area (Å²) in [5, 5.41) is 14.0. The Morgan fingerprint density at radius 2 is 2.05 bits per heavy atom. The van der Waals surface area contributed by atoms with Crippen LogP contribution in [0.3, 0.4) is 0 Å². The maximum atomic E-state index is 10.1. The van der Waals surface area contributed by atoms with Crippen LogP contribution >= 0.6 is 27.5 Å². The highest BCUT2D eigenvalue weighted by Crippen LogP contribution is 2.33. The zero-order chi connectivity index (χ0) is 15.4. The molecular weight excluding hydrogens is 354 g/mol. The Kier molecular flexibility index (Phi) is 5.51. The van der Waals surface area contributed by atoms with Gasteiger partial charge in [-0.1, -0.05) is 45.7 Å². The molecule has 0 unspecified atom stereocenters. The number of hydrogen-bond donors (Lipinski definition) is 2. The summed E-state index contributed by atoms with van der Waals surface area (Å²) in [6, 6.07) is 11.5. The zero-order valence-electron chi connectivity index (χ0n) is 11.9. The van der Waals surface area contributed by atoms with Crippen LogP contribution in [0, 0.1) is 0 Å². The maximum Gasteiger partial charge on any atom is 0.162 e. The molecule has 2 rings (SSSR count). The summed E-state index contributed by atoms with van der Waals surface area (Å²) < 4.78 is 6.16. The Bertz CT molecular complexity index is 634. The number of halogens is 2. The number of rotatable bonds is 5. The van der Waals surface area contributed by atoms with Gasteiger partial charge in [0, 0.05) is 33.7 Å². The molecule has 112 valence electrons. The largest absolute Gasteiger partial charge is 0.504 e. The smallest absolute Gasteiger partial charge is 0.162 e. The van der Waals surface area contributed by atoms with Crippen molar-refractivity contribution >= 4 is 27.5 Å². The van der Waals surface area contributed by atoms with Crippen molar-refractivity contribution in [2.75, 3.05) is 7.11 Å². The first-order valence-corrected chi connectivity index (χ1v) is 7.73. The van der Waals surface area contributed by atoms with Crippen LogP contribution in [-0.2, 0) is 6.54 Å². The van der Waals surface area contributed by atoms with E-state index in [0.29, 0.717) is 22.9 Å². The lowest BCUT2D eigenvalue weighted by molar-refractivity contribution is 0.369. The van der Waals surface area contributed by atoms with Gasteiger partial charge in [0.15, 0.2) is 11.5 Å². The van der Waals surface area contributed by atoms with E-state index < -0.39 is 0 Å². The molecule has 5 heteroatoms. The molecule has 2 N–H and O–H groups in total. The number of benzene rings is 2. The number of ether oxygens (including phenoxy) is 1. The van der Waals surface area contributed by atoms with E-state index in [1.807, 2.05) is 18.2 Å². The highest BCUT2D eigenvalue weighted by molar-refractivity contribution is 9.10. The fourth-order valence-electron chi connectivity index (χ4n) is 2.12. The van der Waals surface area contributed by atoms with E-state index in [1.165, 1.54) is 7.11 Å². The Balaban J connectivity index is 2.13. The quantitative estimate of drug-likeness (QED) is 0.804. The van der Waals surface area contributed by atoms with Crippen LogP contribution in [-0.4, -0.2) is 12.2 Å². The molecule has 0 spiro atoms. The second-order valence-electron chi connectivity index (χ2n) is 4.74. The van der Waals surface area contributed by atoms with Crippen LogP contribution in [0.15, 0.2) is 40.9 Å². The van der Waals surface area contributed by atoms with E-state index in [2.05, 4.69) is 34.2 Å². The molecule has 0 fully saturated rings. The highest BCUT2D eigenvalue weighted by Gasteiger charge is 2.13. The summed E-state index contributed by atoms with van der Waals surface area (Å²) in [5.74, 6) is 0.501. The topological polar surface area (TPSA) is 41.5 Å². The van der Waals surface area contributed by atoms with Crippen LogP contribution in [0.25, 0.3) is 0 Å². The van der Waals surface area contributed by atoms with Gasteiger partial charge in [0.1, 0.15) is 0 Å². The summed E-state index contributed by atoms with van der Waals surface area (Å²) in [5.41, 5.74) is 1.87. The number of aromatic hydroxyl groups is 1. The van der Waals surface area contributed by atoms with Gasteiger partial charge in [0.2, 0.25) is 0 Å². The number of phenolic OH excluding ortho intramolecular Hbond substituents is 1. The van der Waals surface area contributed by atoms with Crippen LogP contribution in [0.5, 0.6) is 11.5 Å². The summed E-state index contributed by atoms with van der Waals surface area (Å²) in [6.45, 7) is 2.56. The predicted molar refractivity (Wildman–Crippen MR) is 89.1 cm³/mol. The van der Waals surface area contributed by atoms with Crippen LogP contribution < -0.4 is 10.1 Å². The maximum absolute atomic E-state index is 10.1. The first kappa shape index (κ1) is 16.1. The van der Waals surface area contributed by atoms with Crippen molar-refractivity contribution < 1.29 is 9.84 Å². The minimum atomic E-state index is 0.119. The van der Waals surface area contributed by atoms with Crippen LogP contribution in [0.1, 0.15) is 24.1 Å². The summed E-state index contributed by atoms with van der Waals surface area (Å²) in [6.07, 6.45) is 0. The standard InChI is InChI=1S/C16H17BrClNO2/c1-10(13-5-3-4-6-14(13)17)19-9-11-7-12(18)8-15(21-2)16(11)20/h3-8,10,19-20H,9H2,1-2H3/t10-/m0/s1. The lowest BCUT2D eigenvalue weighted by atomic mass is 10.1. The highest BCUT2D eigenvalue weighted by atomic mass is 79.9. The van der Waals surface area contributed by atoms with E-state index in [0.717, 1.165) is 10.0 Å². The molecule has 0 radical (unpaired) electrons. The molecule has 0 aliphatic heterocycles. The van der Waals surface area contributed by atoms with Crippen LogP contribution in [0.2, 0.25) is 5.02 Å². The van der Waals surface area contributed by atoms with E-state index >= 15 is 0 Å². The predicted octanol–water partition coefficient (Wildman–Crippen LogP) is 4.67. The van der Waals surface area contributed by atoms with E-state index in [4.69, 9.17) is 16.3 Å². The Morgan fingerprint density at radius 1 is 1.33 bits per heavy atom. The minimum absolute atomic E-state index is 0.119. The molecule has 0 saturated heterocycles. The van der Waals surface area contributed by atoms with Crippen molar-refractivity contribution in [2.45, 2.75) is 19.5 Å². The second-order valence-corrected chi connectivity index (χ2v) is 6.03. The molecule has 1 atom stereocenters. The molecule has 3 nitrogen and oxygen atoms in total. The first-order chi connectivity index (χ1) is 10.0. The number of hydrogen-bond acceptors (Lipinski definition) is 3. The molecular formula is C16H17BrClNO2. The van der Waals surface area contributed by atoms with Gasteiger partial charge in [-0.15, -0.1) is 0 Å². The van der Waals surface area contributed by atoms with Crippen molar-refractivity contribution in [3.63, 3.8) is 0 Å². The Labute approximate surface area is 138 Å². The number of phenols is 1. The number of methoxy groups -OCH3 is 1. The lowest BCUT2D eigenvalue weighted by Crippen LogP contribution is -2.18. The number of nitrogens with one attached hydrogen (secondary N) is 1. The van der Waals surface area contributed by atoms with Crippen molar-refractivity contribution in [1.82, 2.24) is 5.32 Å². The fraction of sp³-hybridized carbons (Fsp3) is 0.250. The van der Waals surface area contributed by atoms with Crippen molar-refractivity contribution in [1.29, 1.82) is 0 Å². The molecule has 0 saturated carbocycles. The summed E-state index contributed by atoms with van der Waals surface area (Å²) in [7, 11) is 1.51. The van der Waals surface area contributed by atoms with Gasteiger partial charge < -0.3 is 15.2 Å². The lowest BCUT2D eigenvalue weighted by Gasteiger charge is -2.17. The average Bonchev–Trinajstić information content (AvgIpc) is 2.47. The molecule has 0 amide bonds. The molecule has 0 aliphatic rings. The van der Waals surface area contributed by atoms with Crippen molar-refractivity contribution in [2.24, 2.45) is 0 Å². The van der Waals surface area contributed by atoms with E-state index in [-0.39, 0.29) is 11.8 Å². The molecule has 0 aromatic heterocycles. The van der Waals surface area contributed by atoms with Gasteiger partial charge in [-0.05, 0) is 24.6 Å². The molecule has 0 bridgehead atoms. The fourth-order valence-corrected chi connectivity index (χ4v) is 2.98. The van der Waals surface area contributed by atoms with Gasteiger partial charge in [0.25, 0.3) is 0 Å². The summed E-state index contributed by atoms with van der Waals surface area (Å²) in [4.78, 5) is 0. The van der Waals surface area contributed by atoms with Crippen molar-refractivity contribution in [3.05, 3.63) is 57.0 Å². The second kappa shape index (κ2) is 7.16. The Morgan fingerprint density at radius 3 is 2.71 bits per heavy atom. The van der Waals surface area contributed by atoms with E-state index in [1.54, 1.807) is 12.1 Å². The normalized spacial score (nSPS) is 12.2. The minimum Gasteiger partial charge on any atom is -0.504 e. The Hall–Kier alpha value is -1.23. The third-order valence-corrected chi connectivity index (χ3v) is 4.25. The molecule has 0 aliphatic carbocycles. The summed E-state index contributed by atoms with van der Waals surface area (Å²) >= 11 is 9.57.